The van der Waals surface area contributed by atoms with Crippen LogP contribution in [0.25, 0.3) is 22.3 Å². The van der Waals surface area contributed by atoms with Crippen molar-refractivity contribution in [2.24, 2.45) is 0 Å². The molecule has 8 aliphatic rings. The molecule has 17 aromatic carbocycles. The van der Waals surface area contributed by atoms with Crippen LogP contribution < -0.4 is 24.0 Å². The number of rotatable bonds is 6. The summed E-state index contributed by atoms with van der Waals surface area (Å²) in [6.45, 7) is 12.2. The minimum Gasteiger partial charge on any atom is -0.457 e. The van der Waals surface area contributed by atoms with Crippen molar-refractivity contribution in [1.29, 1.82) is 5.26 Å². The molecule has 0 radical (unpaired) electrons. The predicted octanol–water partition coefficient (Wildman–Crippen LogP) is 29.4. The third kappa shape index (κ3) is 9.67. The van der Waals surface area contributed by atoms with Crippen LogP contribution in [0.3, 0.4) is 0 Å². The number of hydrogen-bond donors (Lipinski definition) is 0. The lowest BCUT2D eigenvalue weighted by atomic mass is 9.52. The molecule has 0 bridgehead atoms. The third-order valence-corrected chi connectivity index (χ3v) is 30.9. The minimum absolute atomic E-state index is 0.370. The van der Waals surface area contributed by atoms with Crippen molar-refractivity contribution in [2.45, 2.75) is 93.1 Å². The van der Waals surface area contributed by atoms with Gasteiger partial charge in [-0.1, -0.05) is 319 Å². The van der Waals surface area contributed by atoms with E-state index in [0.29, 0.717) is 12.0 Å². The highest BCUT2D eigenvalue weighted by molar-refractivity contribution is 8.00. The van der Waals surface area contributed by atoms with Gasteiger partial charge in [0.1, 0.15) is 23.0 Å². The Morgan fingerprint density at radius 2 is 0.659 bits per heavy atom. The van der Waals surface area contributed by atoms with E-state index < -0.39 is 27.1 Å². The van der Waals surface area contributed by atoms with Crippen LogP contribution in [0.5, 0.6) is 34.5 Å². The summed E-state index contributed by atoms with van der Waals surface area (Å²) in [5, 5.41) is 10.7. The summed E-state index contributed by atoms with van der Waals surface area (Å²) in [6, 6.07) is 142. The Balaban J connectivity index is 0.659. The van der Waals surface area contributed by atoms with Gasteiger partial charge in [-0.05, 0) is 227 Å². The molecule has 5 aliphatic heterocycles. The van der Waals surface area contributed by atoms with Gasteiger partial charge < -0.3 is 24.0 Å². The van der Waals surface area contributed by atoms with Crippen molar-refractivity contribution in [1.82, 2.24) is 0 Å². The van der Waals surface area contributed by atoms with Crippen molar-refractivity contribution in [2.75, 3.05) is 9.80 Å². The zero-order valence-electron chi connectivity index (χ0n) is 68.4. The lowest BCUT2D eigenvalue weighted by Gasteiger charge is -2.51. The number of fused-ring (bicyclic) bond motifs is 28. The molecule has 2 unspecified atom stereocenters. The van der Waals surface area contributed by atoms with Gasteiger partial charge in [-0.3, -0.25) is 0 Å². The number of nitrogens with zero attached hydrogens (tertiary/aromatic N) is 3. The van der Waals surface area contributed by atoms with Crippen LogP contribution in [-0.4, -0.2) is 0 Å². The van der Waals surface area contributed by atoms with E-state index >= 15 is 0 Å². The minimum atomic E-state index is -0.876. The molecule has 0 fully saturated rings. The average Bonchev–Trinajstić information content (AvgIpc) is 0.678. The van der Waals surface area contributed by atoms with Gasteiger partial charge in [0.2, 0.25) is 0 Å². The number of anilines is 6. The Morgan fingerprint density at radius 1 is 0.276 bits per heavy atom. The standard InChI is InChI=1S/C115H79N3O3S2/c1-110(2)78-34-8-10-36-82(78)113(85-63-59-74(66-93(85)110)118-97-45-18-26-54-106(97)122-107-55-27-19-46-98(107)118)90-42-16-25-53-105(90)123-109-77(33-29-43-91(109)113)71-57-61-84-92(64-71)111(3,4)79-62-58-75(67-95(79)115(84)88-40-14-22-50-102(88)120-103-51-23-15-41-89(103)115)117-96-44-17-24-52-104(96)121-108-72(31-28-47-99(108)117)68-112(5)80-35-9-11-37-83(80)114(86-38-12-20-48-100(86)119-101-49-21-13-39-87(101)114)94-65-70(56-60-81(94)112)76-32-7-6-30-73(76)69-116/h6-67H,68H2,1-5H3. The molecule has 0 aromatic heterocycles. The second-order valence-corrected chi connectivity index (χ2v) is 37.4. The fourth-order valence-corrected chi connectivity index (χ4v) is 25.7. The molecular weight excluding hydrogens is 1540 g/mol. The lowest BCUT2D eigenvalue weighted by molar-refractivity contribution is 0.419. The van der Waals surface area contributed by atoms with Gasteiger partial charge in [0.15, 0.2) is 11.5 Å². The van der Waals surface area contributed by atoms with Gasteiger partial charge in [-0.25, -0.2) is 0 Å². The molecule has 25 rings (SSSR count). The quantitative estimate of drug-likeness (QED) is 0.163. The first-order valence-corrected chi connectivity index (χ1v) is 44.2. The third-order valence-electron chi connectivity index (χ3n) is 28.5. The first-order chi connectivity index (χ1) is 60.3. The van der Waals surface area contributed by atoms with E-state index in [2.05, 4.69) is 408 Å². The summed E-state index contributed by atoms with van der Waals surface area (Å²) in [5.74, 6) is 4.87. The lowest BCUT2D eigenvalue weighted by Crippen LogP contribution is -2.45. The molecule has 0 N–H and O–H groups in total. The second kappa shape index (κ2) is 26.2. The smallest absolute Gasteiger partial charge is 0.154 e. The zero-order valence-corrected chi connectivity index (χ0v) is 70.0. The monoisotopic (exact) mass is 1610 g/mol. The van der Waals surface area contributed by atoms with Crippen LogP contribution in [0, 0.1) is 11.3 Å². The van der Waals surface area contributed by atoms with E-state index in [1.807, 2.05) is 41.7 Å². The van der Waals surface area contributed by atoms with Crippen LogP contribution in [-0.2, 0) is 38.9 Å². The largest absolute Gasteiger partial charge is 0.457 e. The Bertz CT molecular complexity index is 7380. The Morgan fingerprint density at radius 3 is 1.28 bits per heavy atom. The number of ether oxygens (including phenoxy) is 3. The number of nitriles is 1. The van der Waals surface area contributed by atoms with E-state index in [4.69, 9.17) is 14.2 Å². The number of hydrogen-bond acceptors (Lipinski definition) is 8. The zero-order chi connectivity index (χ0) is 82.0. The maximum atomic E-state index is 10.7. The van der Waals surface area contributed by atoms with Crippen molar-refractivity contribution in [3.05, 3.63) is 487 Å². The highest BCUT2D eigenvalue weighted by atomic mass is 32.2. The number of para-hydroxylation sites is 9. The average molecular weight is 1620 g/mol. The fourth-order valence-electron chi connectivity index (χ4n) is 23.3. The topological polar surface area (TPSA) is 58.0 Å². The molecule has 3 spiro atoms. The van der Waals surface area contributed by atoms with Crippen LogP contribution >= 0.6 is 23.5 Å². The van der Waals surface area contributed by atoms with E-state index in [1.165, 1.54) is 114 Å². The summed E-state index contributed by atoms with van der Waals surface area (Å²) in [6.07, 6.45) is 0.582. The highest BCUT2D eigenvalue weighted by Crippen LogP contribution is 2.69. The Hall–Kier alpha value is -14.1. The van der Waals surface area contributed by atoms with Crippen LogP contribution in [0.15, 0.2) is 396 Å². The molecule has 6 nitrogen and oxygen atoms in total. The molecule has 2 atom stereocenters. The van der Waals surface area contributed by atoms with E-state index in [-0.39, 0.29) is 5.41 Å². The van der Waals surface area contributed by atoms with Crippen molar-refractivity contribution in [3.8, 4) is 62.8 Å². The summed E-state index contributed by atoms with van der Waals surface area (Å²) in [7, 11) is 0. The van der Waals surface area contributed by atoms with Gasteiger partial charge in [0, 0.05) is 69.5 Å². The fraction of sp³-hybridized carbons (Fsp3) is 0.104. The van der Waals surface area contributed by atoms with Crippen LogP contribution in [0.4, 0.5) is 34.1 Å². The van der Waals surface area contributed by atoms with E-state index in [9.17, 15) is 5.26 Å². The Kier molecular flexibility index (Phi) is 15.3. The maximum absolute atomic E-state index is 10.7. The van der Waals surface area contributed by atoms with Gasteiger partial charge in [-0.15, -0.1) is 0 Å². The van der Waals surface area contributed by atoms with Gasteiger partial charge in [0.05, 0.1) is 50.6 Å². The normalized spacial score (nSPS) is 17.8. The number of benzene rings is 17. The maximum Gasteiger partial charge on any atom is 0.154 e. The molecule has 0 amide bonds. The highest BCUT2D eigenvalue weighted by Gasteiger charge is 2.58. The van der Waals surface area contributed by atoms with Crippen molar-refractivity contribution >= 4 is 57.6 Å². The SMILES string of the molecule is CC1(C)c2cc(-c3cccc4c3Sc3ccccc3C43c4ccccc4C(C)(C)c4cc(N5c6ccccc6Sc6ccccc65)ccc43)ccc2C2(c3ccccc3Oc3ccccc32)c2cc(N3c4ccccc4Oc4c(CC5(C)c6ccccc6C6(c7ccccc7Oc7ccccc76)c6cc(-c7ccccc7C#N)ccc65)cccc43)ccc21. The van der Waals surface area contributed by atoms with E-state index in [1.54, 1.807) is 0 Å². The molecule has 0 saturated heterocycles. The molecule has 584 valence electrons. The molecule has 3 aliphatic carbocycles. The molecule has 123 heavy (non-hydrogen) atoms. The first kappa shape index (κ1) is 71.8. The van der Waals surface area contributed by atoms with Crippen LogP contribution in [0.1, 0.15) is 146 Å². The van der Waals surface area contributed by atoms with Crippen LogP contribution in [0.2, 0.25) is 0 Å². The van der Waals surface area contributed by atoms with Gasteiger partial charge in [-0.2, -0.15) is 5.26 Å². The van der Waals surface area contributed by atoms with Gasteiger partial charge in [0.25, 0.3) is 0 Å². The van der Waals surface area contributed by atoms with E-state index in [0.717, 1.165) is 102 Å². The van der Waals surface area contributed by atoms with Crippen molar-refractivity contribution < 1.29 is 14.2 Å². The van der Waals surface area contributed by atoms with Gasteiger partial charge >= 0.3 is 0 Å². The molecular formula is C115H79N3O3S2. The summed E-state index contributed by atoms with van der Waals surface area (Å²) >= 11 is 3.77. The van der Waals surface area contributed by atoms with Crippen molar-refractivity contribution in [3.63, 3.8) is 0 Å². The summed E-state index contributed by atoms with van der Waals surface area (Å²) < 4.78 is 21.6. The molecule has 0 saturated carbocycles. The predicted molar refractivity (Wildman–Crippen MR) is 496 cm³/mol. The molecule has 5 heterocycles. The molecule has 17 aromatic rings. The first-order valence-electron chi connectivity index (χ1n) is 42.6. The summed E-state index contributed by atoms with van der Waals surface area (Å²) in [4.78, 5) is 9.95. The summed E-state index contributed by atoms with van der Waals surface area (Å²) in [5.41, 5.74) is 30.3. The Labute approximate surface area is 725 Å². The molecule has 8 heteroatoms. The second-order valence-electron chi connectivity index (χ2n) is 35.3.